The van der Waals surface area contributed by atoms with Gasteiger partial charge in [0.2, 0.25) is 15.9 Å². The summed E-state index contributed by atoms with van der Waals surface area (Å²) in [5.41, 5.74) is 1.60. The Bertz CT molecular complexity index is 1440. The minimum atomic E-state index is -3.86. The van der Waals surface area contributed by atoms with Gasteiger partial charge in [-0.25, -0.2) is 21.8 Å². The maximum atomic E-state index is 13.0. The van der Waals surface area contributed by atoms with Gasteiger partial charge >= 0.3 is 0 Å². The monoisotopic (exact) mass is 527 g/mol. The number of carbonyl (C=O) groups is 1. The van der Waals surface area contributed by atoms with Crippen LogP contribution < -0.4 is 5.32 Å². The molecule has 0 atom stereocenters. The standard InChI is InChI=1S/C21H22ClN3O5S3/c1-13-17(22)6-7-18-19(13)23-21(31-18)24-20(26)14-8-10-25(11-9-14)33(29,30)16-5-3-4-15(12-16)32(2,27)28/h3-7,12,14H,8-11H2,1-2H3,(H,23,24,26). The number of hydrogen-bond donors (Lipinski definition) is 1. The molecule has 1 N–H and O–H groups in total. The number of nitrogens with zero attached hydrogens (tertiary/aromatic N) is 2. The summed E-state index contributed by atoms with van der Waals surface area (Å²) in [4.78, 5) is 17.1. The van der Waals surface area contributed by atoms with Gasteiger partial charge in [-0.3, -0.25) is 4.79 Å². The molecule has 0 unspecified atom stereocenters. The Morgan fingerprint density at radius 1 is 1.12 bits per heavy atom. The molecule has 33 heavy (non-hydrogen) atoms. The first kappa shape index (κ1) is 24.1. The molecule has 176 valence electrons. The second-order valence-electron chi connectivity index (χ2n) is 7.95. The zero-order valence-electron chi connectivity index (χ0n) is 17.9. The molecule has 2 heterocycles. The van der Waals surface area contributed by atoms with Crippen LogP contribution in [0, 0.1) is 12.8 Å². The number of thiazole rings is 1. The summed E-state index contributed by atoms with van der Waals surface area (Å²) in [6.07, 6.45) is 1.74. The summed E-state index contributed by atoms with van der Waals surface area (Å²) in [6.45, 7) is 2.20. The second-order valence-corrected chi connectivity index (χ2v) is 13.3. The lowest BCUT2D eigenvalue weighted by Crippen LogP contribution is -2.41. The maximum absolute atomic E-state index is 13.0. The summed E-state index contributed by atoms with van der Waals surface area (Å²) in [6, 6.07) is 8.98. The first-order chi connectivity index (χ1) is 15.5. The van der Waals surface area contributed by atoms with E-state index in [0.717, 1.165) is 22.0 Å². The van der Waals surface area contributed by atoms with Crippen LogP contribution >= 0.6 is 22.9 Å². The van der Waals surface area contributed by atoms with E-state index in [1.165, 1.54) is 39.9 Å². The Morgan fingerprint density at radius 3 is 2.45 bits per heavy atom. The van der Waals surface area contributed by atoms with Gasteiger partial charge in [-0.1, -0.05) is 29.0 Å². The van der Waals surface area contributed by atoms with E-state index in [1.54, 1.807) is 6.07 Å². The first-order valence-electron chi connectivity index (χ1n) is 10.1. The maximum Gasteiger partial charge on any atom is 0.243 e. The number of benzene rings is 2. The third kappa shape index (κ3) is 4.92. The summed E-state index contributed by atoms with van der Waals surface area (Å²) in [7, 11) is -7.39. The van der Waals surface area contributed by atoms with Crippen molar-refractivity contribution in [2.45, 2.75) is 29.6 Å². The topological polar surface area (TPSA) is 114 Å². The largest absolute Gasteiger partial charge is 0.302 e. The fourth-order valence-electron chi connectivity index (χ4n) is 3.73. The van der Waals surface area contributed by atoms with E-state index >= 15 is 0 Å². The molecule has 0 saturated carbocycles. The molecule has 0 bridgehead atoms. The second kappa shape index (κ2) is 8.95. The van der Waals surface area contributed by atoms with Gasteiger partial charge in [0.25, 0.3) is 0 Å². The van der Waals surface area contributed by atoms with Crippen molar-refractivity contribution in [1.29, 1.82) is 0 Å². The number of piperidine rings is 1. The van der Waals surface area contributed by atoms with E-state index in [9.17, 15) is 21.6 Å². The fraction of sp³-hybridized carbons (Fsp3) is 0.333. The molecule has 4 rings (SSSR count). The van der Waals surface area contributed by atoms with Crippen molar-refractivity contribution in [1.82, 2.24) is 9.29 Å². The van der Waals surface area contributed by atoms with E-state index in [4.69, 9.17) is 11.6 Å². The van der Waals surface area contributed by atoms with Crippen LogP contribution in [0.1, 0.15) is 18.4 Å². The van der Waals surface area contributed by atoms with E-state index in [-0.39, 0.29) is 34.7 Å². The molecule has 0 radical (unpaired) electrons. The van der Waals surface area contributed by atoms with Crippen LogP contribution in [0.2, 0.25) is 5.02 Å². The summed E-state index contributed by atoms with van der Waals surface area (Å²) in [5.74, 6) is -0.551. The Balaban J connectivity index is 1.43. The van der Waals surface area contributed by atoms with Crippen molar-refractivity contribution in [3.05, 3.63) is 47.0 Å². The molecule has 8 nitrogen and oxygen atoms in total. The van der Waals surface area contributed by atoms with Crippen LogP contribution in [-0.2, 0) is 24.7 Å². The minimum Gasteiger partial charge on any atom is -0.302 e. The highest BCUT2D eigenvalue weighted by Gasteiger charge is 2.33. The third-order valence-corrected chi connectivity index (χ3v) is 10.0. The predicted molar refractivity (Wildman–Crippen MR) is 129 cm³/mol. The number of anilines is 1. The highest BCUT2D eigenvalue weighted by atomic mass is 35.5. The van der Waals surface area contributed by atoms with Gasteiger partial charge in [0, 0.05) is 30.3 Å². The van der Waals surface area contributed by atoms with Crippen molar-refractivity contribution in [2.75, 3.05) is 24.7 Å². The van der Waals surface area contributed by atoms with Gasteiger partial charge in [0.05, 0.1) is 20.0 Å². The highest BCUT2D eigenvalue weighted by molar-refractivity contribution is 7.91. The van der Waals surface area contributed by atoms with Crippen molar-refractivity contribution in [3.8, 4) is 0 Å². The zero-order chi connectivity index (χ0) is 24.0. The Morgan fingerprint density at radius 2 is 1.79 bits per heavy atom. The Labute approximate surface area is 201 Å². The molecule has 1 amide bonds. The smallest absolute Gasteiger partial charge is 0.243 e. The van der Waals surface area contributed by atoms with E-state index in [2.05, 4.69) is 10.3 Å². The molecule has 1 aromatic heterocycles. The highest BCUT2D eigenvalue weighted by Crippen LogP contribution is 2.32. The fourth-order valence-corrected chi connectivity index (χ4v) is 7.07. The number of nitrogens with one attached hydrogen (secondary N) is 1. The van der Waals surface area contributed by atoms with E-state index < -0.39 is 19.9 Å². The number of rotatable bonds is 5. The molecule has 1 aliphatic rings. The Hall–Kier alpha value is -2.05. The zero-order valence-corrected chi connectivity index (χ0v) is 21.1. The lowest BCUT2D eigenvalue weighted by atomic mass is 9.97. The molecule has 3 aromatic rings. The number of carbonyl (C=O) groups excluding carboxylic acids is 1. The molecule has 1 aliphatic heterocycles. The van der Waals surface area contributed by atoms with Gasteiger partial charge in [0.1, 0.15) is 0 Å². The van der Waals surface area contributed by atoms with Gasteiger partial charge in [-0.05, 0) is 55.7 Å². The number of aromatic nitrogens is 1. The molecule has 1 saturated heterocycles. The Kier molecular flexibility index (Phi) is 6.53. The van der Waals surface area contributed by atoms with E-state index in [0.29, 0.717) is 23.0 Å². The number of hydrogen-bond acceptors (Lipinski definition) is 7. The molecular formula is C21H22ClN3O5S3. The minimum absolute atomic E-state index is 0.0507. The van der Waals surface area contributed by atoms with Crippen LogP contribution in [0.5, 0.6) is 0 Å². The summed E-state index contributed by atoms with van der Waals surface area (Å²) < 4.78 is 51.8. The van der Waals surface area contributed by atoms with Crippen molar-refractivity contribution in [3.63, 3.8) is 0 Å². The van der Waals surface area contributed by atoms with E-state index in [1.807, 2.05) is 13.0 Å². The molecule has 1 fully saturated rings. The number of amides is 1. The lowest BCUT2D eigenvalue weighted by Gasteiger charge is -2.30. The van der Waals surface area contributed by atoms with Crippen molar-refractivity contribution >= 4 is 64.1 Å². The first-order valence-corrected chi connectivity index (χ1v) is 14.7. The van der Waals surface area contributed by atoms with Gasteiger partial charge < -0.3 is 5.32 Å². The van der Waals surface area contributed by atoms with Gasteiger partial charge in [0.15, 0.2) is 15.0 Å². The summed E-state index contributed by atoms with van der Waals surface area (Å²) in [5, 5.41) is 3.94. The van der Waals surface area contributed by atoms with Crippen molar-refractivity contribution in [2.24, 2.45) is 5.92 Å². The molecule has 0 aliphatic carbocycles. The van der Waals surface area contributed by atoms with Crippen molar-refractivity contribution < 1.29 is 21.6 Å². The summed E-state index contributed by atoms with van der Waals surface area (Å²) >= 11 is 7.50. The number of aryl methyl sites for hydroxylation is 1. The molecule has 12 heteroatoms. The SMILES string of the molecule is Cc1c(Cl)ccc2sc(NC(=O)C3CCN(S(=O)(=O)c4cccc(S(C)(=O)=O)c4)CC3)nc12. The number of sulfonamides is 1. The average Bonchev–Trinajstić information content (AvgIpc) is 3.19. The lowest BCUT2D eigenvalue weighted by molar-refractivity contribution is -0.120. The third-order valence-electron chi connectivity index (χ3n) is 5.67. The normalized spacial score (nSPS) is 16.2. The molecule has 2 aromatic carbocycles. The van der Waals surface area contributed by atoms with Gasteiger partial charge in [-0.2, -0.15) is 4.31 Å². The predicted octanol–water partition coefficient (Wildman–Crippen LogP) is 3.70. The van der Waals surface area contributed by atoms with Crippen LogP contribution in [-0.4, -0.2) is 51.4 Å². The number of halogens is 1. The number of fused-ring (bicyclic) bond motifs is 1. The van der Waals surface area contributed by atoms with Crippen LogP contribution in [0.3, 0.4) is 0 Å². The number of sulfone groups is 1. The molecule has 0 spiro atoms. The van der Waals surface area contributed by atoms with Crippen LogP contribution in [0.15, 0.2) is 46.2 Å². The quantitative estimate of drug-likeness (QED) is 0.541. The average molecular weight is 528 g/mol. The van der Waals surface area contributed by atoms with Crippen LogP contribution in [0.25, 0.3) is 10.2 Å². The van der Waals surface area contributed by atoms with Crippen LogP contribution in [0.4, 0.5) is 5.13 Å². The van der Waals surface area contributed by atoms with Gasteiger partial charge in [-0.15, -0.1) is 0 Å². The molecular weight excluding hydrogens is 506 g/mol.